The number of nitrogens with two attached hydrogens (primary N) is 2. The normalized spacial score (nSPS) is 14.6. The molecule has 29 heavy (non-hydrogen) atoms. The first-order valence-corrected chi connectivity index (χ1v) is 8.04. The zero-order valence-corrected chi connectivity index (χ0v) is 15.0. The number of carboxylic acid groups (broad SMARTS) is 2. The number of aliphatic carboxylic acids is 2. The highest BCUT2D eigenvalue weighted by molar-refractivity contribution is 5.96. The van der Waals surface area contributed by atoms with Crippen LogP contribution in [0, 0.1) is 0 Å². The Hall–Kier alpha value is -3.30. The molecule has 11 N–H and O–H groups in total. The fourth-order valence-electron chi connectivity index (χ4n) is 1.90. The number of amides is 4. The van der Waals surface area contributed by atoms with Crippen LogP contribution in [0.1, 0.15) is 12.8 Å². The molecule has 0 fully saturated rings. The molecule has 0 heterocycles. The van der Waals surface area contributed by atoms with E-state index >= 15 is 0 Å². The van der Waals surface area contributed by atoms with Crippen molar-refractivity contribution < 1.29 is 49.2 Å². The molecule has 0 spiro atoms. The molecule has 0 aromatic rings. The second kappa shape index (κ2) is 12.2. The van der Waals surface area contributed by atoms with Crippen LogP contribution in [-0.2, 0) is 28.8 Å². The van der Waals surface area contributed by atoms with Crippen LogP contribution < -0.4 is 27.4 Å². The van der Waals surface area contributed by atoms with Gasteiger partial charge in [-0.2, -0.15) is 0 Å². The molecule has 0 aliphatic carbocycles. The van der Waals surface area contributed by atoms with E-state index in [0.29, 0.717) is 0 Å². The Morgan fingerprint density at radius 2 is 1.17 bits per heavy atom. The fourth-order valence-corrected chi connectivity index (χ4v) is 1.90. The average molecular weight is 421 g/mol. The predicted molar refractivity (Wildman–Crippen MR) is 91.6 cm³/mol. The second-order valence-electron chi connectivity index (χ2n) is 5.76. The lowest BCUT2D eigenvalue weighted by molar-refractivity contribution is -0.144. The number of carbonyl (C=O) groups is 6. The number of carbonyl (C=O) groups excluding carboxylic acids is 4. The van der Waals surface area contributed by atoms with Crippen molar-refractivity contribution in [3.8, 4) is 0 Å². The maximum absolute atomic E-state index is 12.2. The summed E-state index contributed by atoms with van der Waals surface area (Å²) in [7, 11) is 0. The zero-order chi connectivity index (χ0) is 22.7. The van der Waals surface area contributed by atoms with Crippen molar-refractivity contribution in [2.24, 2.45) is 11.5 Å². The first-order valence-electron chi connectivity index (χ1n) is 8.04. The summed E-state index contributed by atoms with van der Waals surface area (Å²) >= 11 is 0. The van der Waals surface area contributed by atoms with Crippen LogP contribution in [0.4, 0.5) is 0 Å². The van der Waals surface area contributed by atoms with Crippen LogP contribution in [0.15, 0.2) is 0 Å². The lowest BCUT2D eigenvalue weighted by atomic mass is 10.1. The highest BCUT2D eigenvalue weighted by Crippen LogP contribution is 1.98. The smallest absolute Gasteiger partial charge is 0.328 e. The van der Waals surface area contributed by atoms with Crippen molar-refractivity contribution in [1.29, 1.82) is 0 Å². The summed E-state index contributed by atoms with van der Waals surface area (Å²) in [5, 5.41) is 41.5. The minimum atomic E-state index is -1.74. The summed E-state index contributed by atoms with van der Waals surface area (Å²) in [6, 6.07) is -6.64. The zero-order valence-electron chi connectivity index (χ0n) is 15.0. The minimum Gasteiger partial charge on any atom is -0.481 e. The fraction of sp³-hybridized carbons (Fsp3) is 0.571. The van der Waals surface area contributed by atoms with Crippen LogP contribution in [0.5, 0.6) is 0 Å². The third-order valence-corrected chi connectivity index (χ3v) is 3.38. The van der Waals surface area contributed by atoms with Crippen molar-refractivity contribution in [1.82, 2.24) is 16.0 Å². The van der Waals surface area contributed by atoms with Gasteiger partial charge in [-0.3, -0.25) is 24.0 Å². The number of nitrogens with one attached hydrogen (secondary N) is 3. The molecule has 0 aromatic heterocycles. The standard InChI is InChI=1S/C14H23N5O10/c15-5(1-9(16)22)11(25)17-6(2-10(23)24)12(26)18-7(3-20)13(27)19-8(4-21)14(28)29/h5-8,20-21H,1-4,15H2,(H2,16,22)(H,17,25)(H,18,26)(H,19,27)(H,23,24)(H,28,29). The van der Waals surface area contributed by atoms with Gasteiger partial charge in [0.1, 0.15) is 18.1 Å². The van der Waals surface area contributed by atoms with Crippen LogP contribution in [-0.4, -0.2) is 93.4 Å². The van der Waals surface area contributed by atoms with E-state index in [0.717, 1.165) is 0 Å². The SMILES string of the molecule is NC(=O)CC(N)C(=O)NC(CC(=O)O)C(=O)NC(CO)C(=O)NC(CO)C(=O)O. The maximum atomic E-state index is 12.2. The largest absolute Gasteiger partial charge is 0.481 e. The van der Waals surface area contributed by atoms with Gasteiger partial charge in [-0.1, -0.05) is 0 Å². The first-order chi connectivity index (χ1) is 13.4. The number of hydrogen-bond donors (Lipinski definition) is 9. The van der Waals surface area contributed by atoms with Crippen molar-refractivity contribution >= 4 is 35.6 Å². The molecule has 0 saturated heterocycles. The molecule has 4 atom stereocenters. The summed E-state index contributed by atoms with van der Waals surface area (Å²) in [5.74, 6) is -7.47. The Morgan fingerprint density at radius 1 is 0.724 bits per heavy atom. The summed E-state index contributed by atoms with van der Waals surface area (Å²) < 4.78 is 0. The Morgan fingerprint density at radius 3 is 1.59 bits per heavy atom. The van der Waals surface area contributed by atoms with E-state index in [2.05, 4.69) is 0 Å². The summed E-state index contributed by atoms with van der Waals surface area (Å²) in [4.78, 5) is 68.6. The molecular formula is C14H23N5O10. The van der Waals surface area contributed by atoms with Gasteiger partial charge < -0.3 is 47.8 Å². The predicted octanol–water partition coefficient (Wildman–Crippen LogP) is -5.81. The molecule has 164 valence electrons. The van der Waals surface area contributed by atoms with Crippen molar-refractivity contribution in [2.45, 2.75) is 37.0 Å². The molecule has 0 bridgehead atoms. The van der Waals surface area contributed by atoms with Gasteiger partial charge in [-0.05, 0) is 0 Å². The topological polar surface area (TPSA) is 271 Å². The Bertz CT molecular complexity index is 655. The summed E-state index contributed by atoms with van der Waals surface area (Å²) in [6.07, 6.45) is -1.51. The number of hydrogen-bond acceptors (Lipinski definition) is 9. The quantitative estimate of drug-likeness (QED) is 0.135. The van der Waals surface area contributed by atoms with Crippen LogP contribution in [0.25, 0.3) is 0 Å². The van der Waals surface area contributed by atoms with E-state index in [1.54, 1.807) is 0 Å². The average Bonchev–Trinajstić information content (AvgIpc) is 2.61. The van der Waals surface area contributed by atoms with E-state index in [4.69, 9.17) is 26.8 Å². The highest BCUT2D eigenvalue weighted by atomic mass is 16.4. The number of carboxylic acids is 2. The van der Waals surface area contributed by atoms with Gasteiger partial charge in [0.05, 0.1) is 32.1 Å². The number of primary amides is 1. The molecule has 0 rings (SSSR count). The van der Waals surface area contributed by atoms with Gasteiger partial charge in [0.15, 0.2) is 0 Å². The molecule has 15 heteroatoms. The van der Waals surface area contributed by atoms with E-state index in [-0.39, 0.29) is 0 Å². The van der Waals surface area contributed by atoms with Crippen molar-refractivity contribution in [3.63, 3.8) is 0 Å². The molecule has 0 saturated carbocycles. The monoisotopic (exact) mass is 421 g/mol. The number of aliphatic hydroxyl groups is 2. The van der Waals surface area contributed by atoms with Crippen molar-refractivity contribution in [3.05, 3.63) is 0 Å². The number of rotatable bonds is 13. The van der Waals surface area contributed by atoms with Gasteiger partial charge in [0.2, 0.25) is 23.6 Å². The maximum Gasteiger partial charge on any atom is 0.328 e. The summed E-state index contributed by atoms with van der Waals surface area (Å²) in [5.41, 5.74) is 10.3. The minimum absolute atomic E-state index is 0.577. The van der Waals surface area contributed by atoms with E-state index in [1.165, 1.54) is 0 Å². The molecule has 15 nitrogen and oxygen atoms in total. The van der Waals surface area contributed by atoms with Gasteiger partial charge in [-0.25, -0.2) is 4.79 Å². The van der Waals surface area contributed by atoms with Crippen molar-refractivity contribution in [2.75, 3.05) is 13.2 Å². The molecule has 0 aromatic carbocycles. The van der Waals surface area contributed by atoms with Gasteiger partial charge in [0.25, 0.3) is 0 Å². The Kier molecular flexibility index (Phi) is 10.8. The van der Waals surface area contributed by atoms with E-state index < -0.39 is 85.8 Å². The van der Waals surface area contributed by atoms with Gasteiger partial charge in [0, 0.05) is 0 Å². The van der Waals surface area contributed by atoms with Gasteiger partial charge in [-0.15, -0.1) is 0 Å². The van der Waals surface area contributed by atoms with E-state index in [9.17, 15) is 33.9 Å². The molecule has 0 aliphatic heterocycles. The van der Waals surface area contributed by atoms with Crippen LogP contribution >= 0.6 is 0 Å². The molecule has 0 radical (unpaired) electrons. The van der Waals surface area contributed by atoms with E-state index in [1.807, 2.05) is 16.0 Å². The third kappa shape index (κ3) is 9.45. The first kappa shape index (κ1) is 25.7. The van der Waals surface area contributed by atoms with Crippen LogP contribution in [0.2, 0.25) is 0 Å². The number of aliphatic hydroxyl groups excluding tert-OH is 2. The van der Waals surface area contributed by atoms with Gasteiger partial charge >= 0.3 is 11.9 Å². The molecule has 4 unspecified atom stereocenters. The third-order valence-electron chi connectivity index (χ3n) is 3.38. The Labute approximate surface area is 163 Å². The summed E-state index contributed by atoms with van der Waals surface area (Å²) in [6.45, 7) is -1.98. The highest BCUT2D eigenvalue weighted by Gasteiger charge is 2.31. The molecular weight excluding hydrogens is 398 g/mol. The molecule has 4 amide bonds. The molecule has 0 aliphatic rings. The Balaban J connectivity index is 5.20. The second-order valence-corrected chi connectivity index (χ2v) is 5.76. The lowest BCUT2D eigenvalue weighted by Crippen LogP contribution is -2.58. The van der Waals surface area contributed by atoms with Crippen LogP contribution in [0.3, 0.4) is 0 Å². The lowest BCUT2D eigenvalue weighted by Gasteiger charge is -2.23.